The number of halogens is 1. The summed E-state index contributed by atoms with van der Waals surface area (Å²) in [5.74, 6) is 0.684. The molecule has 0 saturated carbocycles. The summed E-state index contributed by atoms with van der Waals surface area (Å²) in [6.07, 6.45) is 3.31. The van der Waals surface area contributed by atoms with E-state index in [0.29, 0.717) is 33.3 Å². The lowest BCUT2D eigenvalue weighted by Crippen LogP contribution is -1.96. The summed E-state index contributed by atoms with van der Waals surface area (Å²) in [5, 5.41) is 4.87. The zero-order chi connectivity index (χ0) is 12.8. The van der Waals surface area contributed by atoms with Gasteiger partial charge in [-0.15, -0.1) is 0 Å². The van der Waals surface area contributed by atoms with E-state index in [1.54, 1.807) is 17.0 Å². The van der Waals surface area contributed by atoms with Crippen molar-refractivity contribution in [2.75, 3.05) is 0 Å². The van der Waals surface area contributed by atoms with Gasteiger partial charge in [-0.2, -0.15) is 5.10 Å². The second kappa shape index (κ2) is 3.80. The van der Waals surface area contributed by atoms with Crippen LogP contribution in [0.15, 0.2) is 47.2 Å². The van der Waals surface area contributed by atoms with Crippen LogP contribution in [0.4, 0.5) is 0 Å². The predicted octanol–water partition coefficient (Wildman–Crippen LogP) is 3.19. The summed E-state index contributed by atoms with van der Waals surface area (Å²) < 4.78 is 7.02. The lowest BCUT2D eigenvalue weighted by atomic mass is 10.3. The van der Waals surface area contributed by atoms with Gasteiger partial charge in [0, 0.05) is 6.20 Å². The second-order valence-electron chi connectivity index (χ2n) is 4.05. The summed E-state index contributed by atoms with van der Waals surface area (Å²) in [6, 6.07) is 9.16. The Morgan fingerprint density at radius 1 is 1.21 bits per heavy atom. The van der Waals surface area contributed by atoms with Crippen LogP contribution in [0.5, 0.6) is 0 Å². The summed E-state index contributed by atoms with van der Waals surface area (Å²) in [6.45, 7) is 0. The minimum Gasteiger partial charge on any atom is -0.463 e. The number of furan rings is 1. The molecular weight excluding hydrogens is 264 g/mol. The van der Waals surface area contributed by atoms with Crippen molar-refractivity contribution in [3.05, 3.63) is 47.9 Å². The molecule has 0 unspecified atom stereocenters. The van der Waals surface area contributed by atoms with Crippen LogP contribution >= 0.6 is 11.6 Å². The third-order valence-corrected chi connectivity index (χ3v) is 3.16. The number of rotatable bonds is 1. The Morgan fingerprint density at radius 2 is 2.16 bits per heavy atom. The van der Waals surface area contributed by atoms with Crippen molar-refractivity contribution >= 4 is 28.3 Å². The van der Waals surface area contributed by atoms with Crippen molar-refractivity contribution in [1.29, 1.82) is 0 Å². The van der Waals surface area contributed by atoms with E-state index >= 15 is 0 Å². The summed E-state index contributed by atoms with van der Waals surface area (Å²) in [4.78, 5) is 8.60. The van der Waals surface area contributed by atoms with Crippen LogP contribution in [0.2, 0.25) is 5.15 Å². The van der Waals surface area contributed by atoms with Crippen LogP contribution in [0.1, 0.15) is 0 Å². The van der Waals surface area contributed by atoms with Crippen molar-refractivity contribution in [2.24, 2.45) is 0 Å². The van der Waals surface area contributed by atoms with Gasteiger partial charge < -0.3 is 4.42 Å². The number of aromatic nitrogens is 4. The standard InChI is InChI=1S/C13H7ClN4O/c14-12-10-7-9(11-4-2-6-19-11)17-18(10)13-8(16-12)3-1-5-15-13/h1-7H. The van der Waals surface area contributed by atoms with E-state index in [0.717, 1.165) is 0 Å². The first-order valence-corrected chi connectivity index (χ1v) is 6.04. The molecule has 0 atom stereocenters. The van der Waals surface area contributed by atoms with Crippen molar-refractivity contribution in [1.82, 2.24) is 19.6 Å². The minimum absolute atomic E-state index is 0.394. The van der Waals surface area contributed by atoms with E-state index in [-0.39, 0.29) is 0 Å². The van der Waals surface area contributed by atoms with E-state index in [2.05, 4.69) is 15.1 Å². The van der Waals surface area contributed by atoms with Crippen molar-refractivity contribution in [3.8, 4) is 11.5 Å². The molecule has 0 aromatic carbocycles. The minimum atomic E-state index is 0.394. The maximum Gasteiger partial charge on any atom is 0.180 e. The van der Waals surface area contributed by atoms with Gasteiger partial charge in [0.15, 0.2) is 16.6 Å². The fourth-order valence-corrected chi connectivity index (χ4v) is 2.26. The Hall–Kier alpha value is -2.40. The lowest BCUT2D eigenvalue weighted by molar-refractivity contribution is 0.579. The first-order valence-electron chi connectivity index (χ1n) is 5.67. The zero-order valence-electron chi connectivity index (χ0n) is 9.62. The molecule has 0 amide bonds. The first-order chi connectivity index (χ1) is 9.33. The van der Waals surface area contributed by atoms with E-state index in [1.807, 2.05) is 30.3 Å². The summed E-state index contributed by atoms with van der Waals surface area (Å²) in [5.41, 5.74) is 2.78. The van der Waals surface area contributed by atoms with Crippen LogP contribution < -0.4 is 0 Å². The molecule has 5 nitrogen and oxygen atoms in total. The Bertz CT molecular complexity index is 882. The SMILES string of the molecule is Clc1nc2cccnc2n2nc(-c3ccco3)cc12. The predicted molar refractivity (Wildman–Crippen MR) is 71.0 cm³/mol. The van der Waals surface area contributed by atoms with Crippen LogP contribution in [0, 0.1) is 0 Å². The average molecular weight is 271 g/mol. The van der Waals surface area contributed by atoms with Gasteiger partial charge in [0.2, 0.25) is 0 Å². The van der Waals surface area contributed by atoms with Gasteiger partial charge in [-0.05, 0) is 30.3 Å². The van der Waals surface area contributed by atoms with Gasteiger partial charge >= 0.3 is 0 Å². The second-order valence-corrected chi connectivity index (χ2v) is 4.41. The molecule has 0 aliphatic carbocycles. The van der Waals surface area contributed by atoms with Gasteiger partial charge in [-0.3, -0.25) is 0 Å². The quantitative estimate of drug-likeness (QED) is 0.533. The molecule has 0 aliphatic rings. The largest absolute Gasteiger partial charge is 0.463 e. The molecule has 0 saturated heterocycles. The molecule has 0 N–H and O–H groups in total. The van der Waals surface area contributed by atoms with Crippen LogP contribution in [-0.2, 0) is 0 Å². The Kier molecular flexibility index (Phi) is 2.10. The van der Waals surface area contributed by atoms with Crippen molar-refractivity contribution < 1.29 is 4.42 Å². The molecule has 92 valence electrons. The number of nitrogens with zero attached hydrogens (tertiary/aromatic N) is 4. The van der Waals surface area contributed by atoms with Crippen molar-refractivity contribution in [3.63, 3.8) is 0 Å². The van der Waals surface area contributed by atoms with E-state index in [9.17, 15) is 0 Å². The Labute approximate surface area is 112 Å². The highest BCUT2D eigenvalue weighted by molar-refractivity contribution is 6.33. The highest BCUT2D eigenvalue weighted by atomic mass is 35.5. The topological polar surface area (TPSA) is 56.2 Å². The van der Waals surface area contributed by atoms with E-state index in [1.165, 1.54) is 0 Å². The highest BCUT2D eigenvalue weighted by Gasteiger charge is 2.13. The molecule has 6 heteroatoms. The smallest absolute Gasteiger partial charge is 0.180 e. The third kappa shape index (κ3) is 1.52. The molecule has 19 heavy (non-hydrogen) atoms. The highest BCUT2D eigenvalue weighted by Crippen LogP contribution is 2.25. The van der Waals surface area contributed by atoms with Crippen LogP contribution in [0.25, 0.3) is 28.1 Å². The number of fused-ring (bicyclic) bond motifs is 3. The fourth-order valence-electron chi connectivity index (χ4n) is 2.04. The molecule has 0 fully saturated rings. The molecule has 4 heterocycles. The van der Waals surface area contributed by atoms with E-state index < -0.39 is 0 Å². The first kappa shape index (κ1) is 10.5. The molecular formula is C13H7ClN4O. The molecule has 0 bridgehead atoms. The van der Waals surface area contributed by atoms with Gasteiger partial charge in [0.25, 0.3) is 0 Å². The Morgan fingerprint density at radius 3 is 3.00 bits per heavy atom. The van der Waals surface area contributed by atoms with Crippen molar-refractivity contribution in [2.45, 2.75) is 0 Å². The van der Waals surface area contributed by atoms with Crippen LogP contribution in [-0.4, -0.2) is 19.6 Å². The maximum atomic E-state index is 6.18. The van der Waals surface area contributed by atoms with Gasteiger partial charge in [0.05, 0.1) is 6.26 Å². The number of hydrogen-bond donors (Lipinski definition) is 0. The monoisotopic (exact) mass is 270 g/mol. The molecule has 0 radical (unpaired) electrons. The fraction of sp³-hybridized carbons (Fsp3) is 0. The third-order valence-electron chi connectivity index (χ3n) is 2.88. The summed E-state index contributed by atoms with van der Waals surface area (Å²) >= 11 is 6.18. The van der Waals surface area contributed by atoms with Gasteiger partial charge in [0.1, 0.15) is 16.7 Å². The zero-order valence-corrected chi connectivity index (χ0v) is 10.4. The number of hydrogen-bond acceptors (Lipinski definition) is 4. The van der Waals surface area contributed by atoms with Crippen LogP contribution in [0.3, 0.4) is 0 Å². The van der Waals surface area contributed by atoms with E-state index in [4.69, 9.17) is 16.0 Å². The lowest BCUT2D eigenvalue weighted by Gasteiger charge is -2.00. The normalized spacial score (nSPS) is 11.4. The van der Waals surface area contributed by atoms with Gasteiger partial charge in [-0.1, -0.05) is 11.6 Å². The van der Waals surface area contributed by atoms with Gasteiger partial charge in [-0.25, -0.2) is 14.5 Å². The molecule has 4 aromatic rings. The Balaban J connectivity index is 2.12. The molecule has 4 rings (SSSR count). The number of pyridine rings is 1. The molecule has 0 aliphatic heterocycles. The molecule has 4 aromatic heterocycles. The maximum absolute atomic E-state index is 6.18. The summed E-state index contributed by atoms with van der Waals surface area (Å²) in [7, 11) is 0. The molecule has 0 spiro atoms. The average Bonchev–Trinajstić information content (AvgIpc) is 3.08.